The van der Waals surface area contributed by atoms with Gasteiger partial charge in [-0.1, -0.05) is 27.7 Å². The van der Waals surface area contributed by atoms with E-state index < -0.39 is 0 Å². The standard InChI is InChI=1S/C29H55N3.3ClH/c1-28(2)23-9-7-21(19-23)26(28)13-11-25(32-18-6-17-31-16-5-15-30)12-14-27-22-8-10-24(20-22)29(27,3)4;;;/h21-27,31-32H,5-20,30H2,1-4H3;3*1H. The molecule has 4 bridgehead atoms. The maximum Gasteiger partial charge on any atom is 0.00672 e. The number of rotatable bonds is 14. The highest BCUT2D eigenvalue weighted by Crippen LogP contribution is 2.62. The lowest BCUT2D eigenvalue weighted by Crippen LogP contribution is -2.37. The molecule has 4 fully saturated rings. The van der Waals surface area contributed by atoms with Gasteiger partial charge in [-0.05, 0) is 150 Å². The molecule has 0 aromatic carbocycles. The molecule has 0 spiro atoms. The van der Waals surface area contributed by atoms with Gasteiger partial charge in [-0.3, -0.25) is 0 Å². The van der Waals surface area contributed by atoms with E-state index in [1.54, 1.807) is 0 Å². The van der Waals surface area contributed by atoms with Gasteiger partial charge >= 0.3 is 0 Å². The van der Waals surface area contributed by atoms with Gasteiger partial charge in [0, 0.05) is 6.04 Å². The summed E-state index contributed by atoms with van der Waals surface area (Å²) in [5.74, 6) is 6.04. The van der Waals surface area contributed by atoms with E-state index in [-0.39, 0.29) is 37.2 Å². The quantitative estimate of drug-likeness (QED) is 0.198. The van der Waals surface area contributed by atoms with Crippen LogP contribution < -0.4 is 16.4 Å². The van der Waals surface area contributed by atoms with Crippen LogP contribution in [0, 0.1) is 46.3 Å². The predicted molar refractivity (Wildman–Crippen MR) is 159 cm³/mol. The minimum atomic E-state index is 0. The van der Waals surface area contributed by atoms with Crippen molar-refractivity contribution < 1.29 is 0 Å². The first-order chi connectivity index (χ1) is 15.3. The van der Waals surface area contributed by atoms with E-state index in [0.29, 0.717) is 10.8 Å². The Morgan fingerprint density at radius 3 is 1.63 bits per heavy atom. The second kappa shape index (κ2) is 14.8. The van der Waals surface area contributed by atoms with Crippen molar-refractivity contribution in [3.8, 4) is 0 Å². The van der Waals surface area contributed by atoms with Crippen molar-refractivity contribution in [2.24, 2.45) is 52.1 Å². The lowest BCUT2D eigenvalue weighted by molar-refractivity contribution is 0.0996. The number of halogens is 3. The summed E-state index contributed by atoms with van der Waals surface area (Å²) in [4.78, 5) is 0. The summed E-state index contributed by atoms with van der Waals surface area (Å²) in [6, 6.07) is 0.726. The van der Waals surface area contributed by atoms with E-state index in [2.05, 4.69) is 38.3 Å². The molecule has 0 saturated heterocycles. The van der Waals surface area contributed by atoms with Crippen LogP contribution in [-0.2, 0) is 0 Å². The van der Waals surface area contributed by atoms with E-state index in [1.807, 2.05) is 0 Å². The predicted octanol–water partition coefficient (Wildman–Crippen LogP) is 7.24. The topological polar surface area (TPSA) is 50.1 Å². The average molecular weight is 555 g/mol. The number of nitrogens with two attached hydrogens (primary N) is 1. The molecule has 4 N–H and O–H groups in total. The average Bonchev–Trinajstić information content (AvgIpc) is 3.50. The monoisotopic (exact) mass is 553 g/mol. The SMILES string of the molecule is CC1(C)C2CCC(C2)C1CCC(CCC1C2CCC(C2)C1(C)C)NCCCNCCCN.Cl.Cl.Cl. The van der Waals surface area contributed by atoms with Gasteiger partial charge < -0.3 is 16.4 Å². The molecule has 4 rings (SSSR count). The van der Waals surface area contributed by atoms with Crippen LogP contribution >= 0.6 is 37.2 Å². The maximum atomic E-state index is 5.61. The summed E-state index contributed by atoms with van der Waals surface area (Å²) < 4.78 is 0. The van der Waals surface area contributed by atoms with Gasteiger partial charge in [-0.15, -0.1) is 37.2 Å². The number of hydrogen-bond donors (Lipinski definition) is 3. The molecule has 0 aliphatic heterocycles. The van der Waals surface area contributed by atoms with Crippen LogP contribution in [-0.4, -0.2) is 32.2 Å². The molecule has 4 aliphatic carbocycles. The van der Waals surface area contributed by atoms with Crippen molar-refractivity contribution in [1.82, 2.24) is 10.6 Å². The molecule has 0 radical (unpaired) electrons. The van der Waals surface area contributed by atoms with Crippen molar-refractivity contribution in [1.29, 1.82) is 0 Å². The van der Waals surface area contributed by atoms with Gasteiger partial charge in [-0.25, -0.2) is 0 Å². The minimum absolute atomic E-state index is 0. The molecular weight excluding hydrogens is 497 g/mol. The summed E-state index contributed by atoms with van der Waals surface area (Å²) in [7, 11) is 0. The Morgan fingerprint density at radius 1 is 0.714 bits per heavy atom. The third-order valence-electron chi connectivity index (χ3n) is 11.3. The second-order valence-corrected chi connectivity index (χ2v) is 13.4. The normalized spacial score (nSPS) is 34.2. The van der Waals surface area contributed by atoms with Crippen molar-refractivity contribution in [2.45, 2.75) is 111 Å². The van der Waals surface area contributed by atoms with Gasteiger partial charge in [0.2, 0.25) is 0 Å². The summed E-state index contributed by atoms with van der Waals surface area (Å²) in [5, 5.41) is 7.59. The number of fused-ring (bicyclic) bond motifs is 4. The Balaban J connectivity index is 0.00000204. The van der Waals surface area contributed by atoms with E-state index in [9.17, 15) is 0 Å². The van der Waals surface area contributed by atoms with E-state index in [4.69, 9.17) is 5.73 Å². The zero-order valence-corrected chi connectivity index (χ0v) is 25.6. The van der Waals surface area contributed by atoms with Crippen LogP contribution in [0.25, 0.3) is 0 Å². The molecule has 0 aromatic heterocycles. The second-order valence-electron chi connectivity index (χ2n) is 13.4. The Kier molecular flexibility index (Phi) is 14.3. The molecular formula is C29H58Cl3N3. The Hall–Kier alpha value is 0.750. The van der Waals surface area contributed by atoms with Crippen LogP contribution in [0.5, 0.6) is 0 Å². The van der Waals surface area contributed by atoms with Crippen molar-refractivity contribution in [3.63, 3.8) is 0 Å². The Morgan fingerprint density at radius 2 is 1.20 bits per heavy atom. The first kappa shape index (κ1) is 33.8. The zero-order chi connectivity index (χ0) is 22.8. The Labute approximate surface area is 236 Å². The molecule has 3 nitrogen and oxygen atoms in total. The molecule has 210 valence electrons. The van der Waals surface area contributed by atoms with Gasteiger partial charge in [0.25, 0.3) is 0 Å². The number of hydrogen-bond acceptors (Lipinski definition) is 3. The molecule has 0 aromatic rings. The molecule has 6 unspecified atom stereocenters. The molecule has 35 heavy (non-hydrogen) atoms. The fraction of sp³-hybridized carbons (Fsp3) is 1.00. The van der Waals surface area contributed by atoms with Crippen molar-refractivity contribution in [3.05, 3.63) is 0 Å². The van der Waals surface area contributed by atoms with Gasteiger partial charge in [0.05, 0.1) is 0 Å². The highest BCUT2D eigenvalue weighted by molar-refractivity contribution is 5.86. The third-order valence-corrected chi connectivity index (χ3v) is 11.3. The summed E-state index contributed by atoms with van der Waals surface area (Å²) in [6.07, 6.45) is 17.2. The fourth-order valence-electron chi connectivity index (χ4n) is 9.13. The largest absolute Gasteiger partial charge is 0.330 e. The van der Waals surface area contributed by atoms with Gasteiger partial charge in [-0.2, -0.15) is 0 Å². The van der Waals surface area contributed by atoms with E-state index >= 15 is 0 Å². The van der Waals surface area contributed by atoms with Crippen molar-refractivity contribution in [2.75, 3.05) is 26.2 Å². The molecule has 0 amide bonds. The summed E-state index contributed by atoms with van der Waals surface area (Å²) >= 11 is 0. The van der Waals surface area contributed by atoms with Crippen LogP contribution in [0.4, 0.5) is 0 Å². The maximum absolute atomic E-state index is 5.61. The fourth-order valence-corrected chi connectivity index (χ4v) is 9.13. The van der Waals surface area contributed by atoms with Crippen LogP contribution in [0.2, 0.25) is 0 Å². The summed E-state index contributed by atoms with van der Waals surface area (Å²) in [6.45, 7) is 14.5. The first-order valence-corrected chi connectivity index (χ1v) is 14.5. The lowest BCUT2D eigenvalue weighted by Gasteiger charge is -2.40. The highest BCUT2D eigenvalue weighted by atomic mass is 35.5. The number of nitrogens with one attached hydrogen (secondary N) is 2. The third kappa shape index (κ3) is 7.66. The molecule has 0 heterocycles. The smallest absolute Gasteiger partial charge is 0.00672 e. The van der Waals surface area contributed by atoms with Gasteiger partial charge in [0.1, 0.15) is 0 Å². The highest BCUT2D eigenvalue weighted by Gasteiger charge is 2.53. The summed E-state index contributed by atoms with van der Waals surface area (Å²) in [5.41, 5.74) is 6.79. The van der Waals surface area contributed by atoms with Crippen LogP contribution in [0.15, 0.2) is 0 Å². The van der Waals surface area contributed by atoms with Crippen LogP contribution in [0.3, 0.4) is 0 Å². The lowest BCUT2D eigenvalue weighted by atomic mass is 9.66. The zero-order valence-electron chi connectivity index (χ0n) is 23.2. The molecule has 6 atom stereocenters. The van der Waals surface area contributed by atoms with Crippen LogP contribution in [0.1, 0.15) is 105 Å². The molecule has 4 aliphatic rings. The minimum Gasteiger partial charge on any atom is -0.330 e. The van der Waals surface area contributed by atoms with E-state index in [1.165, 1.54) is 77.2 Å². The van der Waals surface area contributed by atoms with Gasteiger partial charge in [0.15, 0.2) is 0 Å². The molecule has 6 heteroatoms. The Bertz CT molecular complexity index is 558. The molecule has 4 saturated carbocycles. The van der Waals surface area contributed by atoms with Crippen molar-refractivity contribution >= 4 is 37.2 Å². The van der Waals surface area contributed by atoms with E-state index in [0.717, 1.165) is 67.6 Å². The first-order valence-electron chi connectivity index (χ1n) is 14.5.